The van der Waals surface area contributed by atoms with Crippen LogP contribution in [0.2, 0.25) is 0 Å². The Bertz CT molecular complexity index is 1110. The fraction of sp³-hybridized carbons (Fsp3) is 0.261. The molecule has 9 heteroatoms. The predicted molar refractivity (Wildman–Crippen MR) is 129 cm³/mol. The summed E-state index contributed by atoms with van der Waals surface area (Å²) < 4.78 is 12.9. The molecule has 1 saturated heterocycles. The van der Waals surface area contributed by atoms with Gasteiger partial charge in [-0.25, -0.2) is 9.69 Å². The largest absolute Gasteiger partial charge is 0.490 e. The summed E-state index contributed by atoms with van der Waals surface area (Å²) in [4.78, 5) is 39.1. The summed E-state index contributed by atoms with van der Waals surface area (Å²) in [5, 5.41) is 2.24. The van der Waals surface area contributed by atoms with Crippen molar-refractivity contribution in [3.8, 4) is 11.5 Å². The van der Waals surface area contributed by atoms with Crippen molar-refractivity contribution < 1.29 is 23.9 Å². The molecule has 3 rings (SSSR count). The van der Waals surface area contributed by atoms with E-state index in [9.17, 15) is 14.4 Å². The van der Waals surface area contributed by atoms with Gasteiger partial charge >= 0.3 is 6.03 Å². The number of benzene rings is 2. The summed E-state index contributed by atoms with van der Waals surface area (Å²) in [6, 6.07) is 7.79. The van der Waals surface area contributed by atoms with Gasteiger partial charge in [-0.3, -0.25) is 14.9 Å². The molecule has 1 heterocycles. The summed E-state index contributed by atoms with van der Waals surface area (Å²) in [7, 11) is 0. The number of nitrogens with one attached hydrogen (secondary N) is 1. The molecule has 0 unspecified atom stereocenters. The Kier molecular flexibility index (Phi) is 7.73. The Labute approximate surface area is 203 Å². The first-order valence-electron chi connectivity index (χ1n) is 10.0. The number of urea groups is 1. The van der Waals surface area contributed by atoms with Gasteiger partial charge in [0.05, 0.1) is 23.4 Å². The van der Waals surface area contributed by atoms with Crippen molar-refractivity contribution in [2.75, 3.05) is 18.1 Å². The van der Waals surface area contributed by atoms with E-state index in [1.807, 2.05) is 13.8 Å². The molecule has 1 aliphatic rings. The minimum Gasteiger partial charge on any atom is -0.490 e. The fourth-order valence-electron chi connectivity index (χ4n) is 3.19. The van der Waals surface area contributed by atoms with Gasteiger partial charge in [-0.2, -0.15) is 0 Å². The second-order valence-electron chi connectivity index (χ2n) is 7.00. The quantitative estimate of drug-likeness (QED) is 0.360. The molecule has 0 radical (unpaired) electrons. The first kappa shape index (κ1) is 24.0. The monoisotopic (exact) mass is 564 g/mol. The number of carbonyl (C=O) groups is 3. The summed E-state index contributed by atoms with van der Waals surface area (Å²) in [5.41, 5.74) is 1.48. The highest BCUT2D eigenvalue weighted by Crippen LogP contribution is 2.38. The molecule has 32 heavy (non-hydrogen) atoms. The lowest BCUT2D eigenvalue weighted by molar-refractivity contribution is -0.122. The van der Waals surface area contributed by atoms with E-state index in [0.29, 0.717) is 46.0 Å². The summed E-state index contributed by atoms with van der Waals surface area (Å²) >= 11 is 6.85. The lowest BCUT2D eigenvalue weighted by Gasteiger charge is -2.27. The molecule has 2 aromatic carbocycles. The zero-order valence-corrected chi connectivity index (χ0v) is 21.0. The fourth-order valence-corrected chi connectivity index (χ4v) is 4.24. The zero-order valence-electron chi connectivity index (χ0n) is 17.8. The van der Waals surface area contributed by atoms with Gasteiger partial charge in [-0.1, -0.05) is 22.9 Å². The molecule has 0 aliphatic carbocycles. The van der Waals surface area contributed by atoms with E-state index in [4.69, 9.17) is 9.47 Å². The topological polar surface area (TPSA) is 84.9 Å². The minimum absolute atomic E-state index is 0.163. The lowest BCUT2D eigenvalue weighted by atomic mass is 10.1. The van der Waals surface area contributed by atoms with Gasteiger partial charge in [0.15, 0.2) is 11.5 Å². The van der Waals surface area contributed by atoms with Crippen LogP contribution in [-0.4, -0.2) is 31.1 Å². The molecule has 1 N–H and O–H groups in total. The Morgan fingerprint density at radius 1 is 1.06 bits per heavy atom. The average Bonchev–Trinajstić information content (AvgIpc) is 2.72. The normalized spacial score (nSPS) is 15.2. The molecule has 0 saturated carbocycles. The molecule has 0 aromatic heterocycles. The van der Waals surface area contributed by atoms with Gasteiger partial charge in [0.1, 0.15) is 5.57 Å². The van der Waals surface area contributed by atoms with E-state index >= 15 is 0 Å². The van der Waals surface area contributed by atoms with Gasteiger partial charge in [-0.05, 0) is 83.7 Å². The predicted octanol–water partition coefficient (Wildman–Crippen LogP) is 5.37. The van der Waals surface area contributed by atoms with Crippen LogP contribution < -0.4 is 19.7 Å². The number of anilines is 1. The van der Waals surface area contributed by atoms with E-state index in [2.05, 4.69) is 37.2 Å². The summed E-state index contributed by atoms with van der Waals surface area (Å²) in [6.07, 6.45) is 2.26. The number of halogens is 2. The molecule has 1 fully saturated rings. The second kappa shape index (κ2) is 10.3. The number of hydrogen-bond acceptors (Lipinski definition) is 5. The summed E-state index contributed by atoms with van der Waals surface area (Å²) in [6.45, 7) is 6.56. The first-order chi connectivity index (χ1) is 15.3. The zero-order chi connectivity index (χ0) is 23.4. The van der Waals surface area contributed by atoms with Crippen molar-refractivity contribution >= 4 is 61.5 Å². The molecule has 0 atom stereocenters. The molecular formula is C23H22Br2N2O5. The summed E-state index contributed by atoms with van der Waals surface area (Å²) in [5.74, 6) is -0.420. The maximum Gasteiger partial charge on any atom is 0.335 e. The molecule has 2 aromatic rings. The molecule has 4 amide bonds. The van der Waals surface area contributed by atoms with Gasteiger partial charge < -0.3 is 9.47 Å². The van der Waals surface area contributed by atoms with Gasteiger partial charge in [-0.15, -0.1) is 0 Å². The van der Waals surface area contributed by atoms with Crippen LogP contribution in [0, 0.1) is 6.92 Å². The number of amides is 4. The number of rotatable bonds is 7. The maximum atomic E-state index is 13.2. The standard InChI is InChI=1S/C23H22Br2N2O5/c1-4-8-32-20-17(25)11-14(12-19(20)31-5-2)10-16-21(28)26-23(30)27(22(16)29)18-7-6-15(24)9-13(18)3/h6-7,9-12H,4-5,8H2,1-3H3,(H,26,28,30)/b16-10-. The van der Waals surface area contributed by atoms with Crippen molar-refractivity contribution in [1.29, 1.82) is 0 Å². The van der Waals surface area contributed by atoms with E-state index in [0.717, 1.165) is 15.8 Å². The van der Waals surface area contributed by atoms with E-state index < -0.39 is 17.8 Å². The maximum absolute atomic E-state index is 13.2. The number of hydrogen-bond donors (Lipinski definition) is 1. The Hall–Kier alpha value is -2.65. The molecule has 0 bridgehead atoms. The minimum atomic E-state index is -0.790. The van der Waals surface area contributed by atoms with Crippen LogP contribution in [0.5, 0.6) is 11.5 Å². The van der Waals surface area contributed by atoms with Crippen LogP contribution in [0.25, 0.3) is 6.08 Å². The third kappa shape index (κ3) is 5.05. The second-order valence-corrected chi connectivity index (χ2v) is 8.77. The van der Waals surface area contributed by atoms with Crippen molar-refractivity contribution in [3.05, 3.63) is 56.0 Å². The number of barbiturate groups is 1. The first-order valence-corrected chi connectivity index (χ1v) is 11.6. The highest BCUT2D eigenvalue weighted by Gasteiger charge is 2.37. The Morgan fingerprint density at radius 3 is 2.47 bits per heavy atom. The third-order valence-electron chi connectivity index (χ3n) is 4.59. The SMILES string of the molecule is CCCOc1c(Br)cc(/C=C2/C(=O)NC(=O)N(c3ccc(Br)cc3C)C2=O)cc1OCC. The van der Waals surface area contributed by atoms with Crippen molar-refractivity contribution in [2.24, 2.45) is 0 Å². The molecule has 1 aliphatic heterocycles. The highest BCUT2D eigenvalue weighted by atomic mass is 79.9. The number of ether oxygens (including phenoxy) is 2. The van der Waals surface area contributed by atoms with Crippen molar-refractivity contribution in [3.63, 3.8) is 0 Å². The van der Waals surface area contributed by atoms with E-state index in [1.54, 1.807) is 37.3 Å². The molecule has 0 spiro atoms. The van der Waals surface area contributed by atoms with Crippen LogP contribution in [0.1, 0.15) is 31.4 Å². The van der Waals surface area contributed by atoms with Gasteiger partial charge in [0.25, 0.3) is 11.8 Å². The van der Waals surface area contributed by atoms with Crippen LogP contribution in [-0.2, 0) is 9.59 Å². The smallest absolute Gasteiger partial charge is 0.335 e. The third-order valence-corrected chi connectivity index (χ3v) is 5.68. The van der Waals surface area contributed by atoms with Crippen LogP contribution in [0.15, 0.2) is 44.9 Å². The number of aryl methyl sites for hydroxylation is 1. The molecular weight excluding hydrogens is 544 g/mol. The highest BCUT2D eigenvalue weighted by molar-refractivity contribution is 9.10. The van der Waals surface area contributed by atoms with Crippen molar-refractivity contribution in [1.82, 2.24) is 5.32 Å². The van der Waals surface area contributed by atoms with Crippen LogP contribution in [0.3, 0.4) is 0 Å². The Morgan fingerprint density at radius 2 is 1.81 bits per heavy atom. The average molecular weight is 566 g/mol. The van der Waals surface area contributed by atoms with Crippen LogP contribution >= 0.6 is 31.9 Å². The number of carbonyl (C=O) groups excluding carboxylic acids is 3. The van der Waals surface area contributed by atoms with E-state index in [-0.39, 0.29) is 5.57 Å². The van der Waals surface area contributed by atoms with Crippen molar-refractivity contribution in [2.45, 2.75) is 27.2 Å². The number of imide groups is 2. The molecule has 7 nitrogen and oxygen atoms in total. The number of nitrogens with zero attached hydrogens (tertiary/aromatic N) is 1. The molecule has 168 valence electrons. The lowest BCUT2D eigenvalue weighted by Crippen LogP contribution is -2.54. The van der Waals surface area contributed by atoms with Crippen LogP contribution in [0.4, 0.5) is 10.5 Å². The Balaban J connectivity index is 2.03. The van der Waals surface area contributed by atoms with Gasteiger partial charge in [0.2, 0.25) is 0 Å². The van der Waals surface area contributed by atoms with E-state index in [1.165, 1.54) is 6.08 Å². The van der Waals surface area contributed by atoms with Gasteiger partial charge in [0, 0.05) is 4.47 Å².